The van der Waals surface area contributed by atoms with Crippen LogP contribution in [0.4, 0.5) is 0 Å². The fourth-order valence-electron chi connectivity index (χ4n) is 2.95. The number of hydrogen-bond acceptors (Lipinski definition) is 4. The molecule has 1 atom stereocenters. The van der Waals surface area contributed by atoms with Crippen molar-refractivity contribution in [3.8, 4) is 0 Å². The molecule has 0 aromatic carbocycles. The Labute approximate surface area is 150 Å². The van der Waals surface area contributed by atoms with E-state index < -0.39 is 0 Å². The van der Waals surface area contributed by atoms with E-state index in [1.165, 1.54) is 25.9 Å². The molecule has 1 rings (SSSR count). The lowest BCUT2D eigenvalue weighted by molar-refractivity contribution is -0.00776. The fourth-order valence-corrected chi connectivity index (χ4v) is 2.95. The Bertz CT molecular complexity index is 321. The second kappa shape index (κ2) is 10.7. The number of rotatable bonds is 10. The highest BCUT2D eigenvalue weighted by Crippen LogP contribution is 2.16. The molecule has 4 nitrogen and oxygen atoms in total. The Morgan fingerprint density at radius 3 is 2.38 bits per heavy atom. The minimum absolute atomic E-state index is 0.0203. The normalized spacial score (nSPS) is 20.5. The van der Waals surface area contributed by atoms with Gasteiger partial charge in [-0.15, -0.1) is 0 Å². The van der Waals surface area contributed by atoms with Gasteiger partial charge in [0.2, 0.25) is 0 Å². The Morgan fingerprint density at radius 2 is 1.71 bits per heavy atom. The Hall–Kier alpha value is -0.160. The van der Waals surface area contributed by atoms with Gasteiger partial charge in [-0.05, 0) is 86.2 Å². The number of nitrogens with zero attached hydrogens (tertiary/aromatic N) is 1. The van der Waals surface area contributed by atoms with Gasteiger partial charge in [0.15, 0.2) is 0 Å². The largest absolute Gasteiger partial charge is 0.380 e. The van der Waals surface area contributed by atoms with Crippen molar-refractivity contribution >= 4 is 0 Å². The molecular formula is C20H42N2O2. The van der Waals surface area contributed by atoms with Gasteiger partial charge in [-0.25, -0.2) is 0 Å². The van der Waals surface area contributed by atoms with E-state index in [-0.39, 0.29) is 11.1 Å². The molecule has 4 heteroatoms. The lowest BCUT2D eigenvalue weighted by atomic mass is 9.96. The van der Waals surface area contributed by atoms with Gasteiger partial charge in [0.1, 0.15) is 0 Å². The second-order valence-electron chi connectivity index (χ2n) is 9.22. The van der Waals surface area contributed by atoms with Gasteiger partial charge in [-0.2, -0.15) is 0 Å². The first-order chi connectivity index (χ1) is 11.2. The quantitative estimate of drug-likeness (QED) is 0.614. The first-order valence-electron chi connectivity index (χ1n) is 9.85. The number of unbranched alkanes of at least 4 members (excludes halogenated alkanes) is 1. The van der Waals surface area contributed by atoms with Crippen LogP contribution in [0.3, 0.4) is 0 Å². The standard InChI is InChI=1S/C20H42N2O2/c1-19(2,3)21-16-18-10-9-11-22(17-18)12-15-23-13-7-8-14-24-20(4,5)6/h18,21H,7-17H2,1-6H3. The molecule has 1 heterocycles. The van der Waals surface area contributed by atoms with Crippen molar-refractivity contribution in [2.24, 2.45) is 5.92 Å². The molecule has 1 fully saturated rings. The van der Waals surface area contributed by atoms with Gasteiger partial charge in [-0.3, -0.25) is 0 Å². The van der Waals surface area contributed by atoms with Crippen molar-refractivity contribution in [2.45, 2.75) is 78.4 Å². The molecule has 0 spiro atoms. The molecular weight excluding hydrogens is 300 g/mol. The number of ether oxygens (including phenoxy) is 2. The zero-order valence-corrected chi connectivity index (χ0v) is 17.1. The summed E-state index contributed by atoms with van der Waals surface area (Å²) in [7, 11) is 0. The summed E-state index contributed by atoms with van der Waals surface area (Å²) in [6.07, 6.45) is 4.85. The zero-order valence-electron chi connectivity index (χ0n) is 17.1. The topological polar surface area (TPSA) is 33.7 Å². The van der Waals surface area contributed by atoms with E-state index in [9.17, 15) is 0 Å². The molecule has 24 heavy (non-hydrogen) atoms. The highest BCUT2D eigenvalue weighted by atomic mass is 16.5. The van der Waals surface area contributed by atoms with Gasteiger partial charge in [0.25, 0.3) is 0 Å². The summed E-state index contributed by atoms with van der Waals surface area (Å²) >= 11 is 0. The van der Waals surface area contributed by atoms with Crippen LogP contribution < -0.4 is 5.32 Å². The SMILES string of the molecule is CC(C)(C)NCC1CCCN(CCOCCCCOC(C)(C)C)C1. The van der Waals surface area contributed by atoms with E-state index >= 15 is 0 Å². The summed E-state index contributed by atoms with van der Waals surface area (Å²) in [5, 5.41) is 3.65. The zero-order chi connectivity index (χ0) is 18.1. The van der Waals surface area contributed by atoms with E-state index in [2.05, 4.69) is 51.8 Å². The van der Waals surface area contributed by atoms with E-state index in [4.69, 9.17) is 9.47 Å². The highest BCUT2D eigenvalue weighted by Gasteiger charge is 2.21. The smallest absolute Gasteiger partial charge is 0.0598 e. The van der Waals surface area contributed by atoms with Crippen molar-refractivity contribution in [2.75, 3.05) is 46.0 Å². The van der Waals surface area contributed by atoms with Crippen molar-refractivity contribution in [1.82, 2.24) is 10.2 Å². The van der Waals surface area contributed by atoms with Crippen LogP contribution in [-0.4, -0.2) is 62.0 Å². The molecule has 1 aliphatic heterocycles. The molecule has 0 aliphatic carbocycles. The van der Waals surface area contributed by atoms with Crippen molar-refractivity contribution < 1.29 is 9.47 Å². The molecule has 1 saturated heterocycles. The van der Waals surface area contributed by atoms with Crippen LogP contribution >= 0.6 is 0 Å². The molecule has 0 aromatic rings. The van der Waals surface area contributed by atoms with Gasteiger partial charge < -0.3 is 19.7 Å². The monoisotopic (exact) mass is 342 g/mol. The molecule has 144 valence electrons. The fraction of sp³-hybridized carbons (Fsp3) is 1.00. The van der Waals surface area contributed by atoms with Crippen LogP contribution in [0.1, 0.15) is 67.2 Å². The van der Waals surface area contributed by atoms with E-state index in [1.54, 1.807) is 0 Å². The van der Waals surface area contributed by atoms with Crippen molar-refractivity contribution in [3.05, 3.63) is 0 Å². The van der Waals surface area contributed by atoms with Gasteiger partial charge in [-0.1, -0.05) is 0 Å². The molecule has 0 amide bonds. The summed E-state index contributed by atoms with van der Waals surface area (Å²) in [4.78, 5) is 2.57. The predicted molar refractivity (Wildman–Crippen MR) is 103 cm³/mol. The second-order valence-corrected chi connectivity index (χ2v) is 9.22. The van der Waals surface area contributed by atoms with E-state index in [0.29, 0.717) is 0 Å². The molecule has 1 N–H and O–H groups in total. The molecule has 1 unspecified atom stereocenters. The van der Waals surface area contributed by atoms with Gasteiger partial charge in [0.05, 0.1) is 12.2 Å². The maximum Gasteiger partial charge on any atom is 0.0598 e. The Morgan fingerprint density at radius 1 is 1.00 bits per heavy atom. The summed E-state index contributed by atoms with van der Waals surface area (Å²) in [6, 6.07) is 0. The Balaban J connectivity index is 2.00. The lowest BCUT2D eigenvalue weighted by Crippen LogP contribution is -2.45. The van der Waals surface area contributed by atoms with Gasteiger partial charge in [0, 0.05) is 31.8 Å². The molecule has 0 saturated carbocycles. The number of piperidine rings is 1. The lowest BCUT2D eigenvalue weighted by Gasteiger charge is -2.34. The maximum absolute atomic E-state index is 5.81. The molecule has 0 bridgehead atoms. The van der Waals surface area contributed by atoms with Crippen LogP contribution in [0, 0.1) is 5.92 Å². The third-order valence-electron chi connectivity index (χ3n) is 4.29. The maximum atomic E-state index is 5.81. The van der Waals surface area contributed by atoms with Crippen molar-refractivity contribution in [1.29, 1.82) is 0 Å². The first kappa shape index (κ1) is 21.9. The van der Waals surface area contributed by atoms with Crippen LogP contribution in [0.5, 0.6) is 0 Å². The molecule has 1 aliphatic rings. The summed E-state index contributed by atoms with van der Waals surface area (Å²) in [6.45, 7) is 20.2. The number of hydrogen-bond donors (Lipinski definition) is 1. The summed E-state index contributed by atoms with van der Waals surface area (Å²) in [5.74, 6) is 0.785. The summed E-state index contributed by atoms with van der Waals surface area (Å²) in [5.41, 5.74) is 0.204. The first-order valence-corrected chi connectivity index (χ1v) is 9.85. The number of nitrogens with one attached hydrogen (secondary N) is 1. The minimum atomic E-state index is -0.0203. The van der Waals surface area contributed by atoms with Crippen LogP contribution in [-0.2, 0) is 9.47 Å². The minimum Gasteiger partial charge on any atom is -0.380 e. The van der Waals surface area contributed by atoms with Crippen LogP contribution in [0.2, 0.25) is 0 Å². The third kappa shape index (κ3) is 12.2. The average molecular weight is 343 g/mol. The summed E-state index contributed by atoms with van der Waals surface area (Å²) < 4.78 is 11.5. The van der Waals surface area contributed by atoms with E-state index in [1.807, 2.05) is 0 Å². The van der Waals surface area contributed by atoms with E-state index in [0.717, 1.165) is 51.7 Å². The third-order valence-corrected chi connectivity index (χ3v) is 4.29. The average Bonchev–Trinajstić information content (AvgIpc) is 2.46. The molecule has 0 radical (unpaired) electrons. The van der Waals surface area contributed by atoms with Crippen LogP contribution in [0.15, 0.2) is 0 Å². The highest BCUT2D eigenvalue weighted by molar-refractivity contribution is 4.78. The predicted octanol–water partition coefficient (Wildman–Crippen LogP) is 3.70. The van der Waals surface area contributed by atoms with Gasteiger partial charge >= 0.3 is 0 Å². The van der Waals surface area contributed by atoms with Crippen LogP contribution in [0.25, 0.3) is 0 Å². The Kier molecular flexibility index (Phi) is 9.80. The van der Waals surface area contributed by atoms with Crippen molar-refractivity contribution in [3.63, 3.8) is 0 Å². The number of likely N-dealkylation sites (tertiary alicyclic amines) is 1. The molecule has 0 aromatic heterocycles.